The summed E-state index contributed by atoms with van der Waals surface area (Å²) in [5, 5.41) is 3.73. The largest absolute Gasteiger partial charge is 0.496 e. The van der Waals surface area contributed by atoms with Crippen LogP contribution < -0.4 is 15.8 Å². The van der Waals surface area contributed by atoms with Crippen LogP contribution in [0.1, 0.15) is 49.8 Å². The first-order chi connectivity index (χ1) is 10.1. The van der Waals surface area contributed by atoms with Crippen molar-refractivity contribution >= 4 is 0 Å². The van der Waals surface area contributed by atoms with E-state index in [1.165, 1.54) is 18.4 Å². The Morgan fingerprint density at radius 2 is 1.95 bits per heavy atom. The Kier molecular flexibility index (Phi) is 6.03. The Labute approximate surface area is 128 Å². The van der Waals surface area contributed by atoms with Gasteiger partial charge in [-0.15, -0.1) is 0 Å². The van der Waals surface area contributed by atoms with E-state index in [4.69, 9.17) is 15.2 Å². The standard InChI is InChI=1S/C17H28N2O2/c1-12(19-16-7-5-15(18)6-8-16)13-4-9-17(21-3)14(10-13)11-20-2/h4,9-10,12,15-16,19H,5-8,11,18H2,1-3H3. The molecular formula is C17H28N2O2. The molecule has 0 radical (unpaired) electrons. The Balaban J connectivity index is 2.01. The molecule has 1 saturated carbocycles. The van der Waals surface area contributed by atoms with Crippen LogP contribution >= 0.6 is 0 Å². The zero-order chi connectivity index (χ0) is 15.2. The van der Waals surface area contributed by atoms with Crippen molar-refractivity contribution in [2.45, 2.75) is 57.3 Å². The van der Waals surface area contributed by atoms with Gasteiger partial charge >= 0.3 is 0 Å². The van der Waals surface area contributed by atoms with Crippen LogP contribution in [0.25, 0.3) is 0 Å². The molecule has 0 spiro atoms. The van der Waals surface area contributed by atoms with Gasteiger partial charge in [-0.25, -0.2) is 0 Å². The molecular weight excluding hydrogens is 264 g/mol. The van der Waals surface area contributed by atoms with Crippen LogP contribution in [0.3, 0.4) is 0 Å². The molecule has 0 aromatic heterocycles. The lowest BCUT2D eigenvalue weighted by molar-refractivity contribution is 0.181. The van der Waals surface area contributed by atoms with Gasteiger partial charge in [0, 0.05) is 30.8 Å². The summed E-state index contributed by atoms with van der Waals surface area (Å²) >= 11 is 0. The Morgan fingerprint density at radius 1 is 1.24 bits per heavy atom. The third kappa shape index (κ3) is 4.43. The molecule has 1 unspecified atom stereocenters. The molecule has 1 aliphatic carbocycles. The number of nitrogens with two attached hydrogens (primary N) is 1. The summed E-state index contributed by atoms with van der Waals surface area (Å²) in [6, 6.07) is 7.63. The fourth-order valence-corrected chi connectivity index (χ4v) is 3.07. The first kappa shape index (κ1) is 16.3. The molecule has 1 fully saturated rings. The van der Waals surface area contributed by atoms with Gasteiger partial charge in [0.25, 0.3) is 0 Å². The Bertz CT molecular complexity index is 442. The quantitative estimate of drug-likeness (QED) is 0.846. The van der Waals surface area contributed by atoms with Gasteiger partial charge in [0.2, 0.25) is 0 Å². The average Bonchev–Trinajstić information content (AvgIpc) is 2.50. The van der Waals surface area contributed by atoms with Crippen molar-refractivity contribution < 1.29 is 9.47 Å². The molecule has 0 bridgehead atoms. The Hall–Kier alpha value is -1.10. The maximum atomic E-state index is 5.97. The van der Waals surface area contributed by atoms with Crippen LogP contribution in [0.2, 0.25) is 0 Å². The van der Waals surface area contributed by atoms with Crippen molar-refractivity contribution in [1.29, 1.82) is 0 Å². The second-order valence-corrected chi connectivity index (χ2v) is 6.00. The highest BCUT2D eigenvalue weighted by atomic mass is 16.5. The van der Waals surface area contributed by atoms with Gasteiger partial charge < -0.3 is 20.5 Å². The third-order valence-electron chi connectivity index (χ3n) is 4.36. The lowest BCUT2D eigenvalue weighted by Gasteiger charge is -2.30. The molecule has 0 amide bonds. The van der Waals surface area contributed by atoms with Crippen LogP contribution in [0.15, 0.2) is 18.2 Å². The van der Waals surface area contributed by atoms with Crippen molar-refractivity contribution in [3.05, 3.63) is 29.3 Å². The van der Waals surface area contributed by atoms with Crippen molar-refractivity contribution in [1.82, 2.24) is 5.32 Å². The SMILES string of the molecule is COCc1cc(C(C)NC2CCC(N)CC2)ccc1OC. The average molecular weight is 292 g/mol. The third-order valence-corrected chi connectivity index (χ3v) is 4.36. The van der Waals surface area contributed by atoms with Crippen molar-refractivity contribution in [2.24, 2.45) is 5.73 Å². The summed E-state index contributed by atoms with van der Waals surface area (Å²) in [4.78, 5) is 0. The maximum absolute atomic E-state index is 5.97. The molecule has 2 rings (SSSR count). The minimum absolute atomic E-state index is 0.325. The van der Waals surface area contributed by atoms with Crippen LogP contribution in [-0.4, -0.2) is 26.3 Å². The second kappa shape index (κ2) is 7.78. The summed E-state index contributed by atoms with van der Waals surface area (Å²) in [5.41, 5.74) is 8.34. The molecule has 118 valence electrons. The first-order valence-corrected chi connectivity index (χ1v) is 7.81. The topological polar surface area (TPSA) is 56.5 Å². The molecule has 4 heteroatoms. The number of nitrogens with one attached hydrogen (secondary N) is 1. The molecule has 0 aliphatic heterocycles. The molecule has 3 N–H and O–H groups in total. The lowest BCUT2D eigenvalue weighted by atomic mass is 9.91. The second-order valence-electron chi connectivity index (χ2n) is 6.00. The smallest absolute Gasteiger partial charge is 0.124 e. The fraction of sp³-hybridized carbons (Fsp3) is 0.647. The van der Waals surface area contributed by atoms with Crippen LogP contribution in [0.5, 0.6) is 5.75 Å². The first-order valence-electron chi connectivity index (χ1n) is 7.81. The highest BCUT2D eigenvalue weighted by Crippen LogP contribution is 2.26. The molecule has 1 aromatic rings. The summed E-state index contributed by atoms with van der Waals surface area (Å²) in [5.74, 6) is 0.886. The number of ether oxygens (including phenoxy) is 2. The summed E-state index contributed by atoms with van der Waals surface area (Å²) in [6.45, 7) is 2.79. The number of methoxy groups -OCH3 is 2. The van der Waals surface area contributed by atoms with E-state index >= 15 is 0 Å². The predicted octanol–water partition coefficient (Wildman–Crippen LogP) is 2.76. The van der Waals surface area contributed by atoms with Crippen LogP contribution in [-0.2, 0) is 11.3 Å². The number of hydrogen-bond donors (Lipinski definition) is 2. The van der Waals surface area contributed by atoms with E-state index in [1.54, 1.807) is 14.2 Å². The molecule has 0 heterocycles. The van der Waals surface area contributed by atoms with E-state index in [-0.39, 0.29) is 0 Å². The van der Waals surface area contributed by atoms with Gasteiger partial charge in [-0.3, -0.25) is 0 Å². The number of rotatable bonds is 6. The molecule has 1 aromatic carbocycles. The van der Waals surface area contributed by atoms with Gasteiger partial charge in [0.15, 0.2) is 0 Å². The lowest BCUT2D eigenvalue weighted by Crippen LogP contribution is -2.38. The molecule has 1 aliphatic rings. The maximum Gasteiger partial charge on any atom is 0.124 e. The molecule has 0 saturated heterocycles. The van der Waals surface area contributed by atoms with Crippen molar-refractivity contribution in [3.63, 3.8) is 0 Å². The summed E-state index contributed by atoms with van der Waals surface area (Å²) in [6.07, 6.45) is 4.60. The zero-order valence-electron chi connectivity index (χ0n) is 13.4. The highest BCUT2D eigenvalue weighted by Gasteiger charge is 2.20. The van der Waals surface area contributed by atoms with Crippen molar-refractivity contribution in [3.8, 4) is 5.75 Å². The summed E-state index contributed by atoms with van der Waals surface area (Å²) in [7, 11) is 3.40. The van der Waals surface area contributed by atoms with Crippen LogP contribution in [0, 0.1) is 0 Å². The van der Waals surface area contributed by atoms with Gasteiger partial charge in [-0.2, -0.15) is 0 Å². The van der Waals surface area contributed by atoms with Gasteiger partial charge in [0.1, 0.15) is 5.75 Å². The van der Waals surface area contributed by atoms with E-state index in [2.05, 4.69) is 24.4 Å². The normalized spacial score (nSPS) is 23.8. The van der Waals surface area contributed by atoms with E-state index in [9.17, 15) is 0 Å². The van der Waals surface area contributed by atoms with Crippen LogP contribution in [0.4, 0.5) is 0 Å². The predicted molar refractivity (Wildman–Crippen MR) is 85.5 cm³/mol. The molecule has 21 heavy (non-hydrogen) atoms. The highest BCUT2D eigenvalue weighted by molar-refractivity contribution is 5.38. The fourth-order valence-electron chi connectivity index (χ4n) is 3.07. The van der Waals surface area contributed by atoms with Crippen molar-refractivity contribution in [2.75, 3.05) is 14.2 Å². The van der Waals surface area contributed by atoms with E-state index < -0.39 is 0 Å². The van der Waals surface area contributed by atoms with E-state index in [0.29, 0.717) is 24.7 Å². The minimum atomic E-state index is 0.325. The monoisotopic (exact) mass is 292 g/mol. The summed E-state index contributed by atoms with van der Waals surface area (Å²) < 4.78 is 10.6. The van der Waals surface area contributed by atoms with Gasteiger partial charge in [-0.05, 0) is 50.3 Å². The molecule has 1 atom stereocenters. The molecule has 4 nitrogen and oxygen atoms in total. The van der Waals surface area contributed by atoms with E-state index in [0.717, 1.165) is 24.2 Å². The Morgan fingerprint density at radius 3 is 2.57 bits per heavy atom. The van der Waals surface area contributed by atoms with Gasteiger partial charge in [-0.1, -0.05) is 6.07 Å². The van der Waals surface area contributed by atoms with Gasteiger partial charge in [0.05, 0.1) is 13.7 Å². The zero-order valence-corrected chi connectivity index (χ0v) is 13.4. The minimum Gasteiger partial charge on any atom is -0.496 e. The number of hydrogen-bond acceptors (Lipinski definition) is 4. The van der Waals surface area contributed by atoms with E-state index in [1.807, 2.05) is 6.07 Å². The number of benzene rings is 1.